The largest absolute Gasteiger partial charge is 0.306 e. The van der Waals surface area contributed by atoms with E-state index in [2.05, 4.69) is 25.9 Å². The third kappa shape index (κ3) is 2.67. The minimum Gasteiger partial charge on any atom is -0.306 e. The maximum Gasteiger partial charge on any atom is 0.259 e. The lowest BCUT2D eigenvalue weighted by Gasteiger charge is -1.99. The van der Waals surface area contributed by atoms with Crippen LogP contribution in [0.2, 0.25) is 0 Å². The molecular formula is C14H9BrN2OS. The first kappa shape index (κ1) is 12.3. The lowest BCUT2D eigenvalue weighted by molar-refractivity contribution is 1.14. The Morgan fingerprint density at radius 3 is 2.95 bits per heavy atom. The molecule has 0 fully saturated rings. The van der Waals surface area contributed by atoms with Gasteiger partial charge in [-0.25, -0.2) is 4.98 Å². The number of H-pyrrole nitrogens is 1. The van der Waals surface area contributed by atoms with Gasteiger partial charge in [-0.3, -0.25) is 4.79 Å². The van der Waals surface area contributed by atoms with Gasteiger partial charge in [0.05, 0.1) is 10.9 Å². The van der Waals surface area contributed by atoms with Crippen molar-refractivity contribution < 1.29 is 0 Å². The Bertz CT molecular complexity index is 806. The van der Waals surface area contributed by atoms with E-state index in [1.165, 1.54) is 0 Å². The van der Waals surface area contributed by atoms with Gasteiger partial charge in [-0.05, 0) is 41.8 Å². The first-order chi connectivity index (χ1) is 9.22. The molecule has 0 radical (unpaired) electrons. The van der Waals surface area contributed by atoms with Gasteiger partial charge in [0.25, 0.3) is 5.56 Å². The fraction of sp³-hybridized carbons (Fsp3) is 0. The molecule has 0 unspecified atom stereocenters. The van der Waals surface area contributed by atoms with E-state index in [0.29, 0.717) is 16.7 Å². The topological polar surface area (TPSA) is 45.8 Å². The first-order valence-corrected chi connectivity index (χ1v) is 7.31. The number of nitrogens with one attached hydrogen (secondary N) is 1. The van der Waals surface area contributed by atoms with Crippen LogP contribution in [-0.2, 0) is 0 Å². The molecule has 1 aromatic carbocycles. The summed E-state index contributed by atoms with van der Waals surface area (Å²) in [5.41, 5.74) is 0.565. The molecule has 1 N–H and O–H groups in total. The molecular weight excluding hydrogens is 324 g/mol. The molecule has 3 nitrogen and oxygen atoms in total. The maximum atomic E-state index is 12.0. The van der Waals surface area contributed by atoms with Crippen LogP contribution in [0.15, 0.2) is 45.0 Å². The Labute approximate surface area is 121 Å². The van der Waals surface area contributed by atoms with Gasteiger partial charge in [-0.1, -0.05) is 22.0 Å². The van der Waals surface area contributed by atoms with E-state index < -0.39 is 0 Å². The lowest BCUT2D eigenvalue weighted by atomic mass is 10.2. The number of rotatable bonds is 2. The third-order valence-corrected chi connectivity index (χ3v) is 3.97. The number of hydrogen-bond acceptors (Lipinski definition) is 3. The maximum absolute atomic E-state index is 12.0. The molecule has 3 rings (SSSR count). The van der Waals surface area contributed by atoms with Gasteiger partial charge < -0.3 is 4.98 Å². The first-order valence-electron chi connectivity index (χ1n) is 5.63. The van der Waals surface area contributed by atoms with Gasteiger partial charge in [0, 0.05) is 9.35 Å². The summed E-state index contributed by atoms with van der Waals surface area (Å²) < 4.78 is 0.870. The molecule has 94 valence electrons. The summed E-state index contributed by atoms with van der Waals surface area (Å²) in [7, 11) is 0. The van der Waals surface area contributed by atoms with E-state index in [1.807, 2.05) is 41.8 Å². The van der Waals surface area contributed by atoms with E-state index in [1.54, 1.807) is 17.4 Å². The molecule has 0 spiro atoms. The average molecular weight is 333 g/mol. The SMILES string of the molecule is O=c1[nH]c(/C=C/c2cccs2)nc2ccc(Br)cc12. The number of fused-ring (bicyclic) bond motifs is 1. The van der Waals surface area contributed by atoms with Crippen molar-refractivity contribution in [1.82, 2.24) is 9.97 Å². The van der Waals surface area contributed by atoms with E-state index in [0.717, 1.165) is 9.35 Å². The van der Waals surface area contributed by atoms with Gasteiger partial charge in [-0.2, -0.15) is 0 Å². The zero-order valence-corrected chi connectivity index (χ0v) is 12.2. The summed E-state index contributed by atoms with van der Waals surface area (Å²) >= 11 is 4.99. The summed E-state index contributed by atoms with van der Waals surface area (Å²) in [6.07, 6.45) is 3.75. The molecule has 0 aliphatic rings. The highest BCUT2D eigenvalue weighted by Gasteiger charge is 2.02. The third-order valence-electron chi connectivity index (χ3n) is 2.63. The Morgan fingerprint density at radius 1 is 1.26 bits per heavy atom. The number of aromatic amines is 1. The standard InChI is InChI=1S/C14H9BrN2OS/c15-9-3-5-12-11(8-9)14(18)17-13(16-12)6-4-10-2-1-7-19-10/h1-8H,(H,16,17,18)/b6-4+. The number of nitrogens with zero attached hydrogens (tertiary/aromatic N) is 1. The highest BCUT2D eigenvalue weighted by atomic mass is 79.9. The van der Waals surface area contributed by atoms with Crippen LogP contribution >= 0.6 is 27.3 Å². The number of benzene rings is 1. The Balaban J connectivity index is 2.06. The minimum absolute atomic E-state index is 0.128. The van der Waals surface area contributed by atoms with E-state index in [4.69, 9.17) is 0 Å². The fourth-order valence-corrected chi connectivity index (χ4v) is 2.73. The summed E-state index contributed by atoms with van der Waals surface area (Å²) in [6.45, 7) is 0. The number of halogens is 1. The van der Waals surface area contributed by atoms with Crippen molar-refractivity contribution in [2.75, 3.05) is 0 Å². The van der Waals surface area contributed by atoms with Gasteiger partial charge >= 0.3 is 0 Å². The molecule has 0 saturated heterocycles. The predicted octanol–water partition coefficient (Wildman–Crippen LogP) is 3.92. The average Bonchev–Trinajstić information content (AvgIpc) is 2.90. The van der Waals surface area contributed by atoms with Crippen LogP contribution in [0.25, 0.3) is 23.1 Å². The van der Waals surface area contributed by atoms with E-state index in [9.17, 15) is 4.79 Å². The highest BCUT2D eigenvalue weighted by molar-refractivity contribution is 9.10. The normalized spacial score (nSPS) is 11.4. The predicted molar refractivity (Wildman–Crippen MR) is 83.3 cm³/mol. The minimum atomic E-state index is -0.128. The molecule has 2 heterocycles. The van der Waals surface area contributed by atoms with Crippen LogP contribution in [0.1, 0.15) is 10.7 Å². The molecule has 0 aliphatic heterocycles. The van der Waals surface area contributed by atoms with Crippen LogP contribution in [0.5, 0.6) is 0 Å². The molecule has 0 amide bonds. The molecule has 0 bridgehead atoms. The van der Waals surface area contributed by atoms with Gasteiger partial charge in [0.15, 0.2) is 0 Å². The molecule has 0 aliphatic carbocycles. The lowest BCUT2D eigenvalue weighted by Crippen LogP contribution is -2.09. The zero-order chi connectivity index (χ0) is 13.2. The van der Waals surface area contributed by atoms with Crippen LogP contribution in [0.4, 0.5) is 0 Å². The van der Waals surface area contributed by atoms with Crippen molar-refractivity contribution in [2.24, 2.45) is 0 Å². The Kier molecular flexibility index (Phi) is 3.31. The van der Waals surface area contributed by atoms with Gasteiger partial charge in [-0.15, -0.1) is 11.3 Å². The van der Waals surface area contributed by atoms with E-state index >= 15 is 0 Å². The Hall–Kier alpha value is -1.72. The summed E-state index contributed by atoms with van der Waals surface area (Å²) in [6, 6.07) is 9.47. The second-order valence-electron chi connectivity index (χ2n) is 3.96. The van der Waals surface area contributed by atoms with Crippen molar-refractivity contribution in [1.29, 1.82) is 0 Å². The zero-order valence-electron chi connectivity index (χ0n) is 9.76. The summed E-state index contributed by atoms with van der Waals surface area (Å²) in [5.74, 6) is 0.563. The highest BCUT2D eigenvalue weighted by Crippen LogP contribution is 2.16. The number of aromatic nitrogens is 2. The quantitative estimate of drug-likeness (QED) is 0.773. The molecule has 0 atom stereocenters. The van der Waals surface area contributed by atoms with Crippen molar-refractivity contribution in [3.05, 3.63) is 61.2 Å². The van der Waals surface area contributed by atoms with Crippen molar-refractivity contribution >= 4 is 50.3 Å². The van der Waals surface area contributed by atoms with Crippen LogP contribution in [0.3, 0.4) is 0 Å². The monoisotopic (exact) mass is 332 g/mol. The number of thiophene rings is 1. The van der Waals surface area contributed by atoms with Crippen molar-refractivity contribution in [3.8, 4) is 0 Å². The smallest absolute Gasteiger partial charge is 0.259 e. The van der Waals surface area contributed by atoms with Gasteiger partial charge in [0.2, 0.25) is 0 Å². The van der Waals surface area contributed by atoms with E-state index in [-0.39, 0.29) is 5.56 Å². The van der Waals surface area contributed by atoms with Gasteiger partial charge in [0.1, 0.15) is 5.82 Å². The van der Waals surface area contributed by atoms with Crippen LogP contribution in [0, 0.1) is 0 Å². The van der Waals surface area contributed by atoms with Crippen LogP contribution in [-0.4, -0.2) is 9.97 Å². The van der Waals surface area contributed by atoms with Crippen LogP contribution < -0.4 is 5.56 Å². The summed E-state index contributed by atoms with van der Waals surface area (Å²) in [5, 5.41) is 2.59. The second kappa shape index (κ2) is 5.11. The van der Waals surface area contributed by atoms with Crippen molar-refractivity contribution in [2.45, 2.75) is 0 Å². The Morgan fingerprint density at radius 2 is 2.16 bits per heavy atom. The molecule has 3 aromatic rings. The molecule has 19 heavy (non-hydrogen) atoms. The van der Waals surface area contributed by atoms with Crippen molar-refractivity contribution in [3.63, 3.8) is 0 Å². The molecule has 2 aromatic heterocycles. The second-order valence-corrected chi connectivity index (χ2v) is 5.86. The summed E-state index contributed by atoms with van der Waals surface area (Å²) in [4.78, 5) is 20.3. The molecule has 0 saturated carbocycles. The fourth-order valence-electron chi connectivity index (χ4n) is 1.76. The number of hydrogen-bond donors (Lipinski definition) is 1. The molecule has 5 heteroatoms.